The minimum Gasteiger partial charge on any atom is -0.311 e. The van der Waals surface area contributed by atoms with Crippen LogP contribution in [0.25, 0.3) is 0 Å². The van der Waals surface area contributed by atoms with Gasteiger partial charge in [-0.25, -0.2) is 9.97 Å². The summed E-state index contributed by atoms with van der Waals surface area (Å²) >= 11 is 5.70. The average Bonchev–Trinajstić information content (AvgIpc) is 2.79. The van der Waals surface area contributed by atoms with Crippen molar-refractivity contribution in [3.63, 3.8) is 0 Å². The zero-order valence-corrected chi connectivity index (χ0v) is 9.63. The van der Waals surface area contributed by atoms with E-state index >= 15 is 0 Å². The molecule has 0 aliphatic rings. The number of nitrogens with one attached hydrogen (secondary N) is 1. The Morgan fingerprint density at radius 3 is 3.06 bits per heavy atom. The van der Waals surface area contributed by atoms with Crippen molar-refractivity contribution in [2.45, 2.75) is 13.0 Å². The first-order chi connectivity index (χ1) is 8.24. The van der Waals surface area contributed by atoms with Gasteiger partial charge in [0, 0.05) is 6.42 Å². The molecule has 2 rings (SSSR count). The topological polar surface area (TPSA) is 72.7 Å². The van der Waals surface area contributed by atoms with E-state index in [1.807, 2.05) is 0 Å². The number of amides is 1. The van der Waals surface area contributed by atoms with Gasteiger partial charge < -0.3 is 5.32 Å². The molecule has 2 aromatic rings. The Morgan fingerprint density at radius 1 is 1.47 bits per heavy atom. The van der Waals surface area contributed by atoms with Crippen molar-refractivity contribution in [2.75, 3.05) is 5.32 Å². The summed E-state index contributed by atoms with van der Waals surface area (Å²) in [7, 11) is 0. The molecular weight excluding hydrogens is 242 g/mol. The summed E-state index contributed by atoms with van der Waals surface area (Å²) in [6, 6.07) is 5.05. The van der Waals surface area contributed by atoms with Crippen LogP contribution in [0.3, 0.4) is 0 Å². The monoisotopic (exact) mass is 251 g/mol. The first-order valence-electron chi connectivity index (χ1n) is 4.99. The highest BCUT2D eigenvalue weighted by molar-refractivity contribution is 6.29. The first kappa shape index (κ1) is 11.5. The van der Waals surface area contributed by atoms with E-state index in [-0.39, 0.29) is 5.91 Å². The lowest BCUT2D eigenvalue weighted by Gasteiger charge is -2.04. The fraction of sp³-hybridized carbons (Fsp3) is 0.200. The van der Waals surface area contributed by atoms with Gasteiger partial charge in [0.1, 0.15) is 23.6 Å². The molecule has 0 saturated heterocycles. The summed E-state index contributed by atoms with van der Waals surface area (Å²) in [5.41, 5.74) is 0. The van der Waals surface area contributed by atoms with E-state index in [2.05, 4.69) is 20.4 Å². The Morgan fingerprint density at radius 2 is 2.35 bits per heavy atom. The Balaban J connectivity index is 1.85. The lowest BCUT2D eigenvalue weighted by molar-refractivity contribution is -0.116. The third-order valence-electron chi connectivity index (χ3n) is 2.02. The molecule has 0 saturated carbocycles. The molecule has 0 atom stereocenters. The van der Waals surface area contributed by atoms with Gasteiger partial charge in [0.2, 0.25) is 5.91 Å². The van der Waals surface area contributed by atoms with Crippen LogP contribution in [-0.4, -0.2) is 25.7 Å². The fourth-order valence-corrected chi connectivity index (χ4v) is 1.41. The number of carbonyl (C=O) groups excluding carboxylic acids is 1. The molecule has 88 valence electrons. The van der Waals surface area contributed by atoms with Crippen LogP contribution >= 0.6 is 11.6 Å². The van der Waals surface area contributed by atoms with Crippen molar-refractivity contribution in [3.8, 4) is 0 Å². The van der Waals surface area contributed by atoms with Gasteiger partial charge in [-0.05, 0) is 12.1 Å². The Bertz CT molecular complexity index is 499. The van der Waals surface area contributed by atoms with Crippen LogP contribution in [0.15, 0.2) is 30.9 Å². The van der Waals surface area contributed by atoms with E-state index < -0.39 is 0 Å². The summed E-state index contributed by atoms with van der Waals surface area (Å²) in [6.45, 7) is 0.479. The second-order valence-corrected chi connectivity index (χ2v) is 3.69. The van der Waals surface area contributed by atoms with Crippen molar-refractivity contribution in [1.82, 2.24) is 19.7 Å². The highest BCUT2D eigenvalue weighted by Crippen LogP contribution is 2.09. The van der Waals surface area contributed by atoms with Gasteiger partial charge >= 0.3 is 0 Å². The third-order valence-corrected chi connectivity index (χ3v) is 2.23. The highest BCUT2D eigenvalue weighted by atomic mass is 35.5. The third kappa shape index (κ3) is 3.53. The quantitative estimate of drug-likeness (QED) is 0.833. The molecule has 1 N–H and O–H groups in total. The zero-order valence-electron chi connectivity index (χ0n) is 8.88. The molecule has 0 bridgehead atoms. The predicted molar refractivity (Wildman–Crippen MR) is 62.5 cm³/mol. The second kappa shape index (κ2) is 5.40. The summed E-state index contributed by atoms with van der Waals surface area (Å²) in [6.07, 6.45) is 3.29. The number of carbonyl (C=O) groups is 1. The van der Waals surface area contributed by atoms with Crippen LogP contribution in [0.4, 0.5) is 5.82 Å². The molecule has 0 fully saturated rings. The molecule has 0 aliphatic heterocycles. The average molecular weight is 252 g/mol. The maximum absolute atomic E-state index is 11.6. The van der Waals surface area contributed by atoms with Gasteiger partial charge in [0.25, 0.3) is 0 Å². The van der Waals surface area contributed by atoms with Gasteiger partial charge in [-0.3, -0.25) is 9.48 Å². The number of pyridine rings is 1. The van der Waals surface area contributed by atoms with Crippen molar-refractivity contribution in [1.29, 1.82) is 0 Å². The number of aryl methyl sites for hydroxylation is 1. The summed E-state index contributed by atoms with van der Waals surface area (Å²) < 4.78 is 1.59. The van der Waals surface area contributed by atoms with Crippen molar-refractivity contribution < 1.29 is 4.79 Å². The normalized spacial score (nSPS) is 10.2. The Hall–Kier alpha value is -1.95. The van der Waals surface area contributed by atoms with Crippen LogP contribution < -0.4 is 5.32 Å². The molecule has 1 amide bonds. The Labute approximate surface area is 103 Å². The van der Waals surface area contributed by atoms with E-state index in [4.69, 9.17) is 11.6 Å². The van der Waals surface area contributed by atoms with Crippen LogP contribution in [0, 0.1) is 0 Å². The maximum Gasteiger partial charge on any atom is 0.227 e. The number of hydrogen-bond acceptors (Lipinski definition) is 4. The molecule has 2 aromatic heterocycles. The predicted octanol–water partition coefficient (Wildman–Crippen LogP) is 1.36. The minimum atomic E-state index is -0.143. The van der Waals surface area contributed by atoms with Gasteiger partial charge in [-0.2, -0.15) is 5.10 Å². The molecule has 6 nitrogen and oxygen atoms in total. The molecular formula is C10H10ClN5O. The van der Waals surface area contributed by atoms with Gasteiger partial charge in [-0.1, -0.05) is 17.7 Å². The van der Waals surface area contributed by atoms with E-state index in [0.717, 1.165) is 0 Å². The molecule has 0 aliphatic carbocycles. The number of halogens is 1. The zero-order chi connectivity index (χ0) is 12.1. The summed E-state index contributed by atoms with van der Waals surface area (Å²) in [4.78, 5) is 19.3. The van der Waals surface area contributed by atoms with Crippen LogP contribution in [0.2, 0.25) is 5.15 Å². The van der Waals surface area contributed by atoms with Gasteiger partial charge in [0.15, 0.2) is 0 Å². The van der Waals surface area contributed by atoms with Crippen LogP contribution in [0.1, 0.15) is 6.42 Å². The largest absolute Gasteiger partial charge is 0.311 e. The van der Waals surface area contributed by atoms with E-state index in [9.17, 15) is 4.79 Å². The van der Waals surface area contributed by atoms with Crippen molar-refractivity contribution in [3.05, 3.63) is 36.0 Å². The molecule has 0 radical (unpaired) electrons. The number of aromatic nitrogens is 4. The minimum absolute atomic E-state index is 0.143. The van der Waals surface area contributed by atoms with Crippen molar-refractivity contribution in [2.24, 2.45) is 0 Å². The molecule has 17 heavy (non-hydrogen) atoms. The van der Waals surface area contributed by atoms with E-state index in [0.29, 0.717) is 23.9 Å². The highest BCUT2D eigenvalue weighted by Gasteiger charge is 2.04. The van der Waals surface area contributed by atoms with Crippen LogP contribution in [0.5, 0.6) is 0 Å². The molecule has 2 heterocycles. The Kier molecular flexibility index (Phi) is 3.66. The smallest absolute Gasteiger partial charge is 0.227 e. The molecule has 0 spiro atoms. The second-order valence-electron chi connectivity index (χ2n) is 3.30. The maximum atomic E-state index is 11.6. The first-order valence-corrected chi connectivity index (χ1v) is 5.36. The van der Waals surface area contributed by atoms with E-state index in [1.54, 1.807) is 29.2 Å². The van der Waals surface area contributed by atoms with E-state index in [1.165, 1.54) is 6.33 Å². The molecule has 0 unspecified atom stereocenters. The number of hydrogen-bond donors (Lipinski definition) is 1. The number of anilines is 1. The number of rotatable bonds is 4. The summed E-state index contributed by atoms with van der Waals surface area (Å²) in [5, 5.41) is 6.89. The SMILES string of the molecule is O=C(CCn1cncn1)Nc1cccc(Cl)n1. The molecule has 0 aromatic carbocycles. The number of nitrogens with zero attached hydrogens (tertiary/aromatic N) is 4. The lowest BCUT2D eigenvalue weighted by atomic mass is 10.4. The van der Waals surface area contributed by atoms with Crippen LogP contribution in [-0.2, 0) is 11.3 Å². The lowest BCUT2D eigenvalue weighted by Crippen LogP contribution is -2.15. The standard InChI is InChI=1S/C10H10ClN5O/c11-8-2-1-3-9(14-8)15-10(17)4-5-16-7-12-6-13-16/h1-3,6-7H,4-5H2,(H,14,15,17). The van der Waals surface area contributed by atoms with Gasteiger partial charge in [0.05, 0.1) is 6.54 Å². The summed E-state index contributed by atoms with van der Waals surface area (Å²) in [5.74, 6) is 0.302. The van der Waals surface area contributed by atoms with Gasteiger partial charge in [-0.15, -0.1) is 0 Å². The fourth-order valence-electron chi connectivity index (χ4n) is 1.25. The molecule has 7 heteroatoms. The van der Waals surface area contributed by atoms with Crippen molar-refractivity contribution >= 4 is 23.3 Å².